The van der Waals surface area contributed by atoms with Gasteiger partial charge in [-0.2, -0.15) is 26.3 Å². The predicted octanol–water partition coefficient (Wildman–Crippen LogP) is 2.91. The molecule has 0 saturated heterocycles. The maximum Gasteiger partial charge on any atom is 0.471 e. The standard InChI is InChI=1S/C9H11F6NO/c1-16(7(17)9(13,14)15)6-4-2-3-5-8(10,11)12/h2-3H,4-6H2,1H3/b3-2+. The Kier molecular flexibility index (Phi) is 5.50. The van der Waals surface area contributed by atoms with Crippen LogP contribution in [-0.2, 0) is 4.79 Å². The molecule has 0 heterocycles. The van der Waals surface area contributed by atoms with Crippen LogP contribution in [0.15, 0.2) is 12.2 Å². The maximum atomic E-state index is 11.9. The fourth-order valence-electron chi connectivity index (χ4n) is 0.921. The van der Waals surface area contributed by atoms with Crippen molar-refractivity contribution >= 4 is 5.91 Å². The van der Waals surface area contributed by atoms with Gasteiger partial charge in [0, 0.05) is 13.6 Å². The lowest BCUT2D eigenvalue weighted by Crippen LogP contribution is -2.38. The Morgan fingerprint density at radius 2 is 1.65 bits per heavy atom. The summed E-state index contributed by atoms with van der Waals surface area (Å²) in [7, 11) is 0.938. The third kappa shape index (κ3) is 7.64. The van der Waals surface area contributed by atoms with Crippen molar-refractivity contribution in [2.24, 2.45) is 0 Å². The van der Waals surface area contributed by atoms with E-state index in [1.54, 1.807) is 0 Å². The Labute approximate surface area is 93.9 Å². The van der Waals surface area contributed by atoms with Crippen LogP contribution in [0.25, 0.3) is 0 Å². The number of halogens is 6. The van der Waals surface area contributed by atoms with E-state index in [1.807, 2.05) is 0 Å². The van der Waals surface area contributed by atoms with E-state index in [9.17, 15) is 31.1 Å². The van der Waals surface area contributed by atoms with Gasteiger partial charge in [0.2, 0.25) is 0 Å². The topological polar surface area (TPSA) is 20.3 Å². The van der Waals surface area contributed by atoms with Gasteiger partial charge in [-0.05, 0) is 6.42 Å². The van der Waals surface area contributed by atoms with E-state index >= 15 is 0 Å². The molecular weight excluding hydrogens is 252 g/mol. The van der Waals surface area contributed by atoms with Crippen LogP contribution in [0.2, 0.25) is 0 Å². The van der Waals surface area contributed by atoms with Crippen LogP contribution in [0.1, 0.15) is 12.8 Å². The molecule has 0 rings (SSSR count). The van der Waals surface area contributed by atoms with Gasteiger partial charge in [-0.15, -0.1) is 0 Å². The van der Waals surface area contributed by atoms with Crippen LogP contribution < -0.4 is 0 Å². The zero-order valence-electron chi connectivity index (χ0n) is 8.90. The quantitative estimate of drug-likeness (QED) is 0.564. The number of amides is 1. The molecule has 0 spiro atoms. The van der Waals surface area contributed by atoms with E-state index in [1.165, 1.54) is 0 Å². The first-order valence-corrected chi connectivity index (χ1v) is 4.58. The zero-order chi connectivity index (χ0) is 13.7. The number of hydrogen-bond acceptors (Lipinski definition) is 1. The second kappa shape index (κ2) is 5.92. The van der Waals surface area contributed by atoms with Crippen molar-refractivity contribution in [1.82, 2.24) is 4.90 Å². The van der Waals surface area contributed by atoms with E-state index in [0.29, 0.717) is 4.90 Å². The van der Waals surface area contributed by atoms with Crippen LogP contribution in [0.5, 0.6) is 0 Å². The Balaban J connectivity index is 3.95. The van der Waals surface area contributed by atoms with E-state index in [2.05, 4.69) is 0 Å². The van der Waals surface area contributed by atoms with Crippen LogP contribution in [0.4, 0.5) is 26.3 Å². The molecule has 8 heteroatoms. The molecule has 0 aromatic carbocycles. The normalized spacial score (nSPS) is 13.1. The van der Waals surface area contributed by atoms with Crippen molar-refractivity contribution in [3.8, 4) is 0 Å². The molecule has 17 heavy (non-hydrogen) atoms. The van der Waals surface area contributed by atoms with E-state index in [-0.39, 0.29) is 13.0 Å². The lowest BCUT2D eigenvalue weighted by atomic mass is 10.3. The molecule has 0 aliphatic heterocycles. The first kappa shape index (κ1) is 15.8. The fourth-order valence-corrected chi connectivity index (χ4v) is 0.921. The molecule has 0 fully saturated rings. The first-order chi connectivity index (χ1) is 7.54. The number of carbonyl (C=O) groups excluding carboxylic acids is 1. The highest BCUT2D eigenvalue weighted by molar-refractivity contribution is 5.81. The minimum absolute atomic E-state index is 0.0611. The van der Waals surface area contributed by atoms with Crippen LogP contribution in [0, 0.1) is 0 Å². The van der Waals surface area contributed by atoms with Crippen LogP contribution >= 0.6 is 0 Å². The summed E-state index contributed by atoms with van der Waals surface area (Å²) in [5.41, 5.74) is 0. The summed E-state index contributed by atoms with van der Waals surface area (Å²) in [5.74, 6) is -2.01. The van der Waals surface area contributed by atoms with Gasteiger partial charge in [0.05, 0.1) is 6.42 Å². The average molecular weight is 263 g/mol. The number of alkyl halides is 6. The van der Waals surface area contributed by atoms with Gasteiger partial charge in [-0.25, -0.2) is 0 Å². The molecule has 0 N–H and O–H groups in total. The van der Waals surface area contributed by atoms with Crippen molar-refractivity contribution in [2.45, 2.75) is 25.2 Å². The third-order valence-corrected chi connectivity index (χ3v) is 1.74. The van der Waals surface area contributed by atoms with Gasteiger partial charge in [0.1, 0.15) is 0 Å². The molecule has 1 amide bonds. The second-order valence-electron chi connectivity index (χ2n) is 3.30. The second-order valence-corrected chi connectivity index (χ2v) is 3.30. The van der Waals surface area contributed by atoms with E-state index in [0.717, 1.165) is 19.2 Å². The number of rotatable bonds is 4. The molecule has 0 aliphatic rings. The highest BCUT2D eigenvalue weighted by Crippen LogP contribution is 2.20. The van der Waals surface area contributed by atoms with Crippen LogP contribution in [0.3, 0.4) is 0 Å². The van der Waals surface area contributed by atoms with Crippen LogP contribution in [-0.4, -0.2) is 36.8 Å². The molecule has 0 radical (unpaired) electrons. The zero-order valence-corrected chi connectivity index (χ0v) is 8.90. The monoisotopic (exact) mass is 263 g/mol. The van der Waals surface area contributed by atoms with Gasteiger partial charge in [0.15, 0.2) is 0 Å². The highest BCUT2D eigenvalue weighted by Gasteiger charge is 2.40. The largest absolute Gasteiger partial charge is 0.471 e. The predicted molar refractivity (Wildman–Crippen MR) is 48.1 cm³/mol. The molecule has 0 saturated carbocycles. The molecular formula is C9H11F6NO. The summed E-state index contributed by atoms with van der Waals surface area (Å²) in [6.07, 6.45) is -8.58. The molecule has 0 unspecified atom stereocenters. The lowest BCUT2D eigenvalue weighted by Gasteiger charge is -2.17. The molecule has 100 valence electrons. The fraction of sp³-hybridized carbons (Fsp3) is 0.667. The number of allylic oxidation sites excluding steroid dienone is 1. The minimum Gasteiger partial charge on any atom is -0.338 e. The number of nitrogens with zero attached hydrogens (tertiary/aromatic N) is 1. The lowest BCUT2D eigenvalue weighted by molar-refractivity contribution is -0.183. The minimum atomic E-state index is -4.95. The van der Waals surface area contributed by atoms with Crippen molar-refractivity contribution in [1.29, 1.82) is 0 Å². The van der Waals surface area contributed by atoms with Gasteiger partial charge >= 0.3 is 18.3 Å². The Hall–Kier alpha value is -1.21. The van der Waals surface area contributed by atoms with Gasteiger partial charge in [-0.3, -0.25) is 4.79 Å². The van der Waals surface area contributed by atoms with Gasteiger partial charge < -0.3 is 4.90 Å². The summed E-state index contributed by atoms with van der Waals surface area (Å²) in [6, 6.07) is 0. The summed E-state index contributed by atoms with van der Waals surface area (Å²) < 4.78 is 70.6. The number of hydrogen-bond donors (Lipinski definition) is 0. The Morgan fingerprint density at radius 1 is 1.12 bits per heavy atom. The van der Waals surface area contributed by atoms with Gasteiger partial charge in [-0.1, -0.05) is 12.2 Å². The van der Waals surface area contributed by atoms with E-state index in [4.69, 9.17) is 0 Å². The summed E-state index contributed by atoms with van der Waals surface area (Å²) >= 11 is 0. The Bertz CT molecular complexity index is 280. The molecule has 0 atom stereocenters. The van der Waals surface area contributed by atoms with Crippen molar-refractivity contribution in [3.05, 3.63) is 12.2 Å². The van der Waals surface area contributed by atoms with Crippen molar-refractivity contribution < 1.29 is 31.1 Å². The maximum absolute atomic E-state index is 11.9. The summed E-state index contributed by atoms with van der Waals surface area (Å²) in [4.78, 5) is 11.0. The molecule has 0 aliphatic carbocycles. The summed E-state index contributed by atoms with van der Waals surface area (Å²) in [6.45, 7) is -0.285. The third-order valence-electron chi connectivity index (χ3n) is 1.74. The van der Waals surface area contributed by atoms with Gasteiger partial charge in [0.25, 0.3) is 0 Å². The molecule has 0 bridgehead atoms. The van der Waals surface area contributed by atoms with E-state index < -0.39 is 24.7 Å². The smallest absolute Gasteiger partial charge is 0.338 e. The number of carbonyl (C=O) groups is 1. The molecule has 2 nitrogen and oxygen atoms in total. The average Bonchev–Trinajstić information content (AvgIpc) is 2.12. The SMILES string of the molecule is CN(CC/C=C/CC(F)(F)F)C(=O)C(F)(F)F. The highest BCUT2D eigenvalue weighted by atomic mass is 19.4. The molecule has 0 aromatic rings. The van der Waals surface area contributed by atoms with Crippen molar-refractivity contribution in [3.63, 3.8) is 0 Å². The summed E-state index contributed by atoms with van der Waals surface area (Å²) in [5, 5.41) is 0. The first-order valence-electron chi connectivity index (χ1n) is 4.58. The van der Waals surface area contributed by atoms with Crippen molar-refractivity contribution in [2.75, 3.05) is 13.6 Å². The molecule has 0 aromatic heterocycles. The Morgan fingerprint density at radius 3 is 2.06 bits per heavy atom.